The molecule has 0 saturated heterocycles. The first-order valence-corrected chi connectivity index (χ1v) is 12.2. The van der Waals surface area contributed by atoms with E-state index < -0.39 is 17.4 Å². The lowest BCUT2D eigenvalue weighted by molar-refractivity contribution is -0.158. The Bertz CT molecular complexity index is 1310. The van der Waals surface area contributed by atoms with E-state index in [1.165, 1.54) is 0 Å². The van der Waals surface area contributed by atoms with Crippen LogP contribution in [0.4, 0.5) is 5.82 Å². The number of carbonyl (C=O) groups is 3. The maximum absolute atomic E-state index is 13.1. The molecule has 1 aromatic carbocycles. The molecular weight excluding hydrogens is 462 g/mol. The number of amides is 1. The van der Waals surface area contributed by atoms with E-state index in [9.17, 15) is 19.5 Å². The molecule has 188 valence electrons. The molecule has 3 aliphatic rings. The first-order valence-electron chi connectivity index (χ1n) is 12.2. The number of aromatic amines is 1. The first-order chi connectivity index (χ1) is 17.2. The first kappa shape index (κ1) is 23.8. The normalized spacial score (nSPS) is 23.8. The molecule has 1 unspecified atom stereocenters. The average Bonchev–Trinajstić information content (AvgIpc) is 3.31. The number of pyridine rings is 1. The predicted molar refractivity (Wildman–Crippen MR) is 132 cm³/mol. The molecular formula is C26H29N5O5. The molecule has 0 aliphatic heterocycles. The van der Waals surface area contributed by atoms with Gasteiger partial charge in [0.25, 0.3) is 5.91 Å². The largest absolute Gasteiger partial charge is 0.481 e. The van der Waals surface area contributed by atoms with Gasteiger partial charge < -0.3 is 20.8 Å². The van der Waals surface area contributed by atoms with E-state index in [-0.39, 0.29) is 22.9 Å². The van der Waals surface area contributed by atoms with E-state index in [4.69, 9.17) is 5.11 Å². The highest BCUT2D eigenvalue weighted by atomic mass is 16.4. The number of aromatic nitrogens is 3. The maximum atomic E-state index is 13.1. The molecule has 36 heavy (non-hydrogen) atoms. The van der Waals surface area contributed by atoms with Gasteiger partial charge >= 0.3 is 11.9 Å². The number of benzene rings is 1. The van der Waals surface area contributed by atoms with Gasteiger partial charge in [0, 0.05) is 12.7 Å². The van der Waals surface area contributed by atoms with Crippen molar-refractivity contribution in [3.05, 3.63) is 53.2 Å². The lowest BCUT2D eigenvalue weighted by Gasteiger charge is -2.51. The Morgan fingerprint density at radius 3 is 2.31 bits per heavy atom. The monoisotopic (exact) mass is 491 g/mol. The van der Waals surface area contributed by atoms with E-state index in [1.807, 2.05) is 6.92 Å². The summed E-state index contributed by atoms with van der Waals surface area (Å²) >= 11 is 0. The Kier molecular flexibility index (Phi) is 5.89. The molecule has 2 bridgehead atoms. The number of nitrogens with zero attached hydrogens (tertiary/aromatic N) is 2. The van der Waals surface area contributed by atoms with Gasteiger partial charge in [-0.3, -0.25) is 19.7 Å². The van der Waals surface area contributed by atoms with Crippen molar-refractivity contribution in [2.45, 2.75) is 51.5 Å². The summed E-state index contributed by atoms with van der Waals surface area (Å²) in [5.74, 6) is -1.38. The van der Waals surface area contributed by atoms with Gasteiger partial charge in [0.1, 0.15) is 5.52 Å². The summed E-state index contributed by atoms with van der Waals surface area (Å²) in [5, 5.41) is 32.3. The Morgan fingerprint density at radius 2 is 1.69 bits per heavy atom. The maximum Gasteiger partial charge on any atom is 0.335 e. The third kappa shape index (κ3) is 4.16. The Morgan fingerprint density at radius 1 is 1.03 bits per heavy atom. The number of H-pyrrole nitrogens is 1. The number of carbonyl (C=O) groups excluding carboxylic acids is 1. The summed E-state index contributed by atoms with van der Waals surface area (Å²) in [7, 11) is 0. The summed E-state index contributed by atoms with van der Waals surface area (Å²) in [4.78, 5) is 40.3. The molecule has 3 saturated carbocycles. The van der Waals surface area contributed by atoms with Gasteiger partial charge in [-0.2, -0.15) is 5.10 Å². The fourth-order valence-corrected chi connectivity index (χ4v) is 5.62. The molecule has 3 aliphatic carbocycles. The number of hydrogen-bond donors (Lipinski definition) is 5. The van der Waals surface area contributed by atoms with Crippen LogP contribution in [0.3, 0.4) is 0 Å². The van der Waals surface area contributed by atoms with Gasteiger partial charge in [0.15, 0.2) is 5.82 Å². The van der Waals surface area contributed by atoms with Gasteiger partial charge in [-0.25, -0.2) is 4.79 Å². The lowest BCUT2D eigenvalue weighted by atomic mass is 9.53. The van der Waals surface area contributed by atoms with Crippen LogP contribution in [0.25, 0.3) is 11.0 Å². The van der Waals surface area contributed by atoms with E-state index in [0.29, 0.717) is 48.2 Å². The number of carboxylic acid groups (broad SMARTS) is 2. The zero-order valence-electron chi connectivity index (χ0n) is 20.0. The molecule has 2 aromatic heterocycles. The Labute approximate surface area is 207 Å². The van der Waals surface area contributed by atoms with Gasteiger partial charge in [0.05, 0.1) is 28.1 Å². The smallest absolute Gasteiger partial charge is 0.335 e. The minimum atomic E-state index is -0.976. The Hall–Kier alpha value is -3.95. The number of nitrogens with one attached hydrogen (secondary N) is 3. The summed E-state index contributed by atoms with van der Waals surface area (Å²) < 4.78 is 0. The van der Waals surface area contributed by atoms with Crippen molar-refractivity contribution < 1.29 is 24.6 Å². The number of aromatic carboxylic acids is 1. The van der Waals surface area contributed by atoms with Crippen LogP contribution in [0.15, 0.2) is 36.5 Å². The second-order valence-electron chi connectivity index (χ2n) is 10.2. The summed E-state index contributed by atoms with van der Waals surface area (Å²) in [6, 6.07) is 8.09. The molecule has 1 amide bonds. The number of rotatable bonds is 8. The minimum absolute atomic E-state index is 0.0364. The SMILES string of the molecule is CC(Nc1n[nH]c2c(C(=O)NCC34CCC(C(=O)O)(CC3)CC4)ccnc12)c1ccc(C(=O)O)cc1. The number of carboxylic acids is 2. The minimum Gasteiger partial charge on any atom is -0.481 e. The van der Waals surface area contributed by atoms with Crippen LogP contribution in [-0.4, -0.2) is 49.8 Å². The summed E-state index contributed by atoms with van der Waals surface area (Å²) in [6.45, 7) is 2.45. The topological polar surface area (TPSA) is 157 Å². The second-order valence-corrected chi connectivity index (χ2v) is 10.2. The molecule has 10 heteroatoms. The van der Waals surface area contributed by atoms with E-state index in [1.54, 1.807) is 36.5 Å². The summed E-state index contributed by atoms with van der Waals surface area (Å²) in [6.07, 6.45) is 6.03. The van der Waals surface area contributed by atoms with Gasteiger partial charge in [-0.15, -0.1) is 0 Å². The highest BCUT2D eigenvalue weighted by molar-refractivity contribution is 6.06. The highest BCUT2D eigenvalue weighted by Crippen LogP contribution is 2.56. The molecule has 1 atom stereocenters. The van der Waals surface area contributed by atoms with Crippen molar-refractivity contribution in [2.24, 2.45) is 10.8 Å². The van der Waals surface area contributed by atoms with Gasteiger partial charge in [-0.05, 0) is 74.6 Å². The number of anilines is 1. The van der Waals surface area contributed by atoms with Crippen molar-refractivity contribution in [3.8, 4) is 0 Å². The predicted octanol–water partition coefficient (Wildman–Crippen LogP) is 3.98. The van der Waals surface area contributed by atoms with Crippen LogP contribution >= 0.6 is 0 Å². The van der Waals surface area contributed by atoms with Crippen LogP contribution in [0, 0.1) is 10.8 Å². The standard InChI is InChI=1S/C26H29N5O5/c1-15(16-2-4-17(5-3-16)23(33)34)29-21-20-19(30-31-21)18(6-13-27-20)22(32)28-14-25-7-10-26(11-8-25,12-9-25)24(35)36/h2-6,13,15H,7-12,14H2,1H3,(H,28,32)(H,33,34)(H,35,36)(H2,29,30,31). The van der Waals surface area contributed by atoms with Gasteiger partial charge in [-0.1, -0.05) is 12.1 Å². The second kappa shape index (κ2) is 8.92. The molecule has 2 heterocycles. The zero-order chi connectivity index (χ0) is 25.5. The molecule has 5 N–H and O–H groups in total. The van der Waals surface area contributed by atoms with Crippen LogP contribution in [0.2, 0.25) is 0 Å². The van der Waals surface area contributed by atoms with Gasteiger partial charge in [0.2, 0.25) is 0 Å². The van der Waals surface area contributed by atoms with Crippen LogP contribution < -0.4 is 10.6 Å². The third-order valence-electron chi connectivity index (χ3n) is 8.19. The molecule has 3 aromatic rings. The van der Waals surface area contributed by atoms with Crippen molar-refractivity contribution in [1.29, 1.82) is 0 Å². The van der Waals surface area contributed by atoms with Crippen molar-refractivity contribution >= 4 is 34.7 Å². The van der Waals surface area contributed by atoms with E-state index >= 15 is 0 Å². The number of fused-ring (bicyclic) bond motifs is 4. The van der Waals surface area contributed by atoms with Crippen LogP contribution in [0.1, 0.15) is 77.8 Å². The average molecular weight is 492 g/mol. The van der Waals surface area contributed by atoms with E-state index in [2.05, 4.69) is 25.8 Å². The van der Waals surface area contributed by atoms with Crippen molar-refractivity contribution in [1.82, 2.24) is 20.5 Å². The number of aliphatic carboxylic acids is 1. The molecule has 10 nitrogen and oxygen atoms in total. The lowest BCUT2D eigenvalue weighted by Crippen LogP contribution is -2.50. The molecule has 6 rings (SSSR count). The molecule has 0 spiro atoms. The Balaban J connectivity index is 1.27. The van der Waals surface area contributed by atoms with Crippen molar-refractivity contribution in [3.63, 3.8) is 0 Å². The number of hydrogen-bond acceptors (Lipinski definition) is 6. The zero-order valence-corrected chi connectivity index (χ0v) is 20.0. The van der Waals surface area contributed by atoms with Crippen LogP contribution in [-0.2, 0) is 4.79 Å². The van der Waals surface area contributed by atoms with Crippen molar-refractivity contribution in [2.75, 3.05) is 11.9 Å². The van der Waals surface area contributed by atoms with Crippen LogP contribution in [0.5, 0.6) is 0 Å². The highest BCUT2D eigenvalue weighted by Gasteiger charge is 2.52. The molecule has 3 fully saturated rings. The molecule has 0 radical (unpaired) electrons. The quantitative estimate of drug-likeness (QED) is 0.317. The summed E-state index contributed by atoms with van der Waals surface area (Å²) in [5.41, 5.74) is 2.01. The fraction of sp³-hybridized carbons (Fsp3) is 0.423. The third-order valence-corrected chi connectivity index (χ3v) is 8.19. The van der Waals surface area contributed by atoms with E-state index in [0.717, 1.165) is 24.8 Å². The fourth-order valence-electron chi connectivity index (χ4n) is 5.62.